The van der Waals surface area contributed by atoms with Gasteiger partial charge in [-0.2, -0.15) is 0 Å². The second-order valence-electron chi connectivity index (χ2n) is 2.73. The number of alkyl halides is 3. The molecule has 0 aliphatic carbocycles. The van der Waals surface area contributed by atoms with E-state index in [9.17, 15) is 0 Å². The first-order valence-electron chi connectivity index (χ1n) is 4.04. The van der Waals surface area contributed by atoms with Crippen molar-refractivity contribution in [2.45, 2.75) is 17.1 Å². The van der Waals surface area contributed by atoms with Crippen LogP contribution in [0.15, 0.2) is 24.3 Å². The molecule has 0 amide bonds. The topological polar surface area (TPSA) is 0 Å². The molecular formula is C10H10Cl3. The standard InChI is InChI=1S/C10H10Cl3/c1-2-3-8-4-6-9(7-5-8)10(11,12)13/h3-7H,2H2,1H3. The first-order chi connectivity index (χ1) is 6.04. The summed E-state index contributed by atoms with van der Waals surface area (Å²) in [6, 6.07) is 7.55. The third-order valence-corrected chi connectivity index (χ3v) is 2.33. The average Bonchev–Trinajstić information content (AvgIpc) is 2.04. The number of hydrogen-bond acceptors (Lipinski definition) is 0. The van der Waals surface area contributed by atoms with E-state index in [4.69, 9.17) is 34.8 Å². The Kier molecular flexibility index (Phi) is 3.90. The Morgan fingerprint density at radius 1 is 1.15 bits per heavy atom. The maximum absolute atomic E-state index is 5.71. The third-order valence-electron chi connectivity index (χ3n) is 1.68. The molecule has 0 heterocycles. The van der Waals surface area contributed by atoms with Gasteiger partial charge >= 0.3 is 0 Å². The highest BCUT2D eigenvalue weighted by Crippen LogP contribution is 2.38. The quantitative estimate of drug-likeness (QED) is 0.665. The van der Waals surface area contributed by atoms with Crippen LogP contribution in [0.2, 0.25) is 0 Å². The van der Waals surface area contributed by atoms with Gasteiger partial charge in [0.25, 0.3) is 0 Å². The molecule has 0 spiro atoms. The van der Waals surface area contributed by atoms with E-state index in [2.05, 4.69) is 13.3 Å². The van der Waals surface area contributed by atoms with Crippen LogP contribution in [-0.4, -0.2) is 0 Å². The number of rotatable bonds is 2. The summed E-state index contributed by atoms with van der Waals surface area (Å²) in [6.45, 7) is 2.09. The largest absolute Gasteiger partial charge is 0.216 e. The maximum Gasteiger partial charge on any atom is 0.216 e. The van der Waals surface area contributed by atoms with Crippen molar-refractivity contribution < 1.29 is 0 Å². The number of benzene rings is 1. The normalized spacial score (nSPS) is 11.7. The van der Waals surface area contributed by atoms with E-state index < -0.39 is 3.79 Å². The second-order valence-corrected chi connectivity index (χ2v) is 5.01. The van der Waals surface area contributed by atoms with Crippen LogP contribution < -0.4 is 0 Å². The van der Waals surface area contributed by atoms with Crippen LogP contribution in [0.1, 0.15) is 24.5 Å². The molecular weight excluding hydrogens is 226 g/mol. The van der Waals surface area contributed by atoms with Crippen LogP contribution in [0.3, 0.4) is 0 Å². The maximum atomic E-state index is 5.71. The molecule has 0 aromatic heterocycles. The summed E-state index contributed by atoms with van der Waals surface area (Å²) < 4.78 is -1.31. The van der Waals surface area contributed by atoms with Gasteiger partial charge in [-0.3, -0.25) is 0 Å². The van der Waals surface area contributed by atoms with E-state index in [-0.39, 0.29) is 0 Å². The lowest BCUT2D eigenvalue weighted by molar-refractivity contribution is 1.12. The lowest BCUT2D eigenvalue weighted by Crippen LogP contribution is -1.99. The van der Waals surface area contributed by atoms with E-state index >= 15 is 0 Å². The Morgan fingerprint density at radius 3 is 2.08 bits per heavy atom. The Morgan fingerprint density at radius 2 is 1.69 bits per heavy atom. The summed E-state index contributed by atoms with van der Waals surface area (Å²) in [5, 5.41) is 0. The minimum absolute atomic E-state index is 0.700. The van der Waals surface area contributed by atoms with Crippen molar-refractivity contribution in [3.63, 3.8) is 0 Å². The molecule has 0 aliphatic heterocycles. The summed E-state index contributed by atoms with van der Waals surface area (Å²) in [5.74, 6) is 0. The zero-order chi connectivity index (χ0) is 9.90. The van der Waals surface area contributed by atoms with Crippen LogP contribution >= 0.6 is 34.8 Å². The van der Waals surface area contributed by atoms with Crippen LogP contribution in [-0.2, 0) is 3.79 Å². The molecule has 0 nitrogen and oxygen atoms in total. The zero-order valence-electron chi connectivity index (χ0n) is 7.23. The van der Waals surface area contributed by atoms with Gasteiger partial charge in [-0.25, -0.2) is 0 Å². The summed E-state index contributed by atoms with van der Waals surface area (Å²) in [7, 11) is 0. The van der Waals surface area contributed by atoms with E-state index in [0.29, 0.717) is 5.56 Å². The monoisotopic (exact) mass is 235 g/mol. The zero-order valence-corrected chi connectivity index (χ0v) is 9.50. The molecule has 0 unspecified atom stereocenters. The van der Waals surface area contributed by atoms with Crippen molar-refractivity contribution >= 4 is 34.8 Å². The summed E-state index contributed by atoms with van der Waals surface area (Å²) in [5.41, 5.74) is 1.85. The highest BCUT2D eigenvalue weighted by Gasteiger charge is 2.21. The molecule has 1 rings (SSSR count). The highest BCUT2D eigenvalue weighted by atomic mass is 35.6. The third kappa shape index (κ3) is 3.38. The van der Waals surface area contributed by atoms with Crippen molar-refractivity contribution in [2.24, 2.45) is 0 Å². The predicted molar refractivity (Wildman–Crippen MR) is 59.4 cm³/mol. The van der Waals surface area contributed by atoms with Gasteiger partial charge in [0.2, 0.25) is 3.79 Å². The Balaban J connectivity index is 2.81. The van der Waals surface area contributed by atoms with Crippen LogP contribution in [0.5, 0.6) is 0 Å². The lowest BCUT2D eigenvalue weighted by Gasteiger charge is -2.11. The molecule has 71 valence electrons. The van der Waals surface area contributed by atoms with E-state index in [1.807, 2.05) is 24.3 Å². The second kappa shape index (κ2) is 4.54. The van der Waals surface area contributed by atoms with Gasteiger partial charge in [0.05, 0.1) is 0 Å². The molecule has 1 radical (unpaired) electrons. The first kappa shape index (κ1) is 11.2. The SMILES string of the molecule is CC[CH]c1ccc(C(Cl)(Cl)Cl)cc1. The molecule has 1 aromatic rings. The van der Waals surface area contributed by atoms with E-state index in [1.54, 1.807) is 0 Å². The van der Waals surface area contributed by atoms with Crippen molar-refractivity contribution in [3.05, 3.63) is 41.8 Å². The molecule has 0 saturated carbocycles. The molecule has 0 bridgehead atoms. The fraction of sp³-hybridized carbons (Fsp3) is 0.300. The van der Waals surface area contributed by atoms with Gasteiger partial charge < -0.3 is 0 Å². The van der Waals surface area contributed by atoms with Crippen molar-refractivity contribution in [1.29, 1.82) is 0 Å². The average molecular weight is 237 g/mol. The first-order valence-corrected chi connectivity index (χ1v) is 5.18. The summed E-state index contributed by atoms with van der Waals surface area (Å²) in [6.07, 6.45) is 3.12. The molecule has 0 N–H and O–H groups in total. The van der Waals surface area contributed by atoms with Crippen molar-refractivity contribution in [3.8, 4) is 0 Å². The molecule has 13 heavy (non-hydrogen) atoms. The van der Waals surface area contributed by atoms with Gasteiger partial charge in [0, 0.05) is 5.56 Å². The van der Waals surface area contributed by atoms with Crippen LogP contribution in [0.25, 0.3) is 0 Å². The molecule has 3 heteroatoms. The van der Waals surface area contributed by atoms with Crippen LogP contribution in [0.4, 0.5) is 0 Å². The van der Waals surface area contributed by atoms with E-state index in [0.717, 1.165) is 12.0 Å². The van der Waals surface area contributed by atoms with Crippen molar-refractivity contribution in [2.75, 3.05) is 0 Å². The van der Waals surface area contributed by atoms with Gasteiger partial charge in [-0.15, -0.1) is 0 Å². The number of hydrogen-bond donors (Lipinski definition) is 0. The minimum Gasteiger partial charge on any atom is -0.0784 e. The summed E-state index contributed by atoms with van der Waals surface area (Å²) >= 11 is 17.1. The summed E-state index contributed by atoms with van der Waals surface area (Å²) in [4.78, 5) is 0. The minimum atomic E-state index is -1.31. The molecule has 0 fully saturated rings. The highest BCUT2D eigenvalue weighted by molar-refractivity contribution is 6.66. The Hall–Kier alpha value is 0.0900. The number of halogens is 3. The lowest BCUT2D eigenvalue weighted by atomic mass is 10.1. The van der Waals surface area contributed by atoms with Gasteiger partial charge in [0.15, 0.2) is 0 Å². The predicted octanol–water partition coefficient (Wildman–Crippen LogP) is 4.48. The smallest absolute Gasteiger partial charge is 0.0784 e. The molecule has 0 atom stereocenters. The molecule has 1 aromatic carbocycles. The Bertz CT molecular complexity index is 258. The fourth-order valence-electron chi connectivity index (χ4n) is 1.04. The van der Waals surface area contributed by atoms with Crippen LogP contribution in [0, 0.1) is 6.42 Å². The van der Waals surface area contributed by atoms with Gasteiger partial charge in [-0.1, -0.05) is 66.0 Å². The van der Waals surface area contributed by atoms with E-state index in [1.165, 1.54) is 0 Å². The molecule has 0 saturated heterocycles. The Labute approximate surface area is 93.8 Å². The molecule has 0 aliphatic rings. The van der Waals surface area contributed by atoms with Crippen molar-refractivity contribution in [1.82, 2.24) is 0 Å². The van der Waals surface area contributed by atoms with Gasteiger partial charge in [-0.05, 0) is 18.4 Å². The van der Waals surface area contributed by atoms with Gasteiger partial charge in [0.1, 0.15) is 0 Å². The fourth-order valence-corrected chi connectivity index (χ4v) is 1.42.